The summed E-state index contributed by atoms with van der Waals surface area (Å²) in [7, 11) is 2.04. The van der Waals surface area contributed by atoms with Crippen molar-refractivity contribution < 1.29 is 19.1 Å². The van der Waals surface area contributed by atoms with Crippen molar-refractivity contribution in [1.82, 2.24) is 20.7 Å². The van der Waals surface area contributed by atoms with E-state index in [2.05, 4.69) is 21.7 Å². The first-order valence-corrected chi connectivity index (χ1v) is 10.6. The van der Waals surface area contributed by atoms with Gasteiger partial charge in [0.15, 0.2) is 5.78 Å². The lowest BCUT2D eigenvalue weighted by molar-refractivity contribution is -0.128. The molecule has 0 radical (unpaired) electrons. The van der Waals surface area contributed by atoms with Gasteiger partial charge in [0.25, 0.3) is 0 Å². The molecule has 3 rings (SSSR count). The fourth-order valence-corrected chi connectivity index (χ4v) is 4.31. The number of rotatable bonds is 6. The van der Waals surface area contributed by atoms with Crippen LogP contribution >= 0.6 is 0 Å². The van der Waals surface area contributed by atoms with Crippen molar-refractivity contribution in [3.63, 3.8) is 0 Å². The van der Waals surface area contributed by atoms with Crippen LogP contribution in [0.1, 0.15) is 44.9 Å². The minimum Gasteiger partial charge on any atom is -0.445 e. The molecule has 0 aliphatic carbocycles. The Bertz CT molecular complexity index is 656. The van der Waals surface area contributed by atoms with Gasteiger partial charge in [0.2, 0.25) is 5.91 Å². The molecule has 0 saturated carbocycles. The Labute approximate surface area is 171 Å². The summed E-state index contributed by atoms with van der Waals surface area (Å²) in [5, 5.41) is 13.6. The molecule has 29 heavy (non-hydrogen) atoms. The van der Waals surface area contributed by atoms with Gasteiger partial charge in [-0.2, -0.15) is 5.26 Å². The van der Waals surface area contributed by atoms with Gasteiger partial charge in [-0.15, -0.1) is 0 Å². The zero-order valence-electron chi connectivity index (χ0n) is 17.1. The summed E-state index contributed by atoms with van der Waals surface area (Å²) in [6.45, 7) is 2.99. The number of nitriles is 1. The van der Waals surface area contributed by atoms with Crippen LogP contribution in [0.15, 0.2) is 0 Å². The number of carbonyl (C=O) groups excluding carboxylic acids is 3. The first-order valence-electron chi connectivity index (χ1n) is 10.6. The summed E-state index contributed by atoms with van der Waals surface area (Å²) in [6.07, 6.45) is 3.38. The molecule has 0 bridgehead atoms. The number of likely N-dealkylation sites (tertiary alicyclic amines) is 1. The quantitative estimate of drug-likeness (QED) is 0.672. The van der Waals surface area contributed by atoms with E-state index in [9.17, 15) is 19.6 Å². The lowest BCUT2D eigenvalue weighted by Gasteiger charge is -2.36. The van der Waals surface area contributed by atoms with Crippen LogP contribution in [0.5, 0.6) is 0 Å². The molecule has 0 unspecified atom stereocenters. The van der Waals surface area contributed by atoms with Crippen molar-refractivity contribution in [3.05, 3.63) is 0 Å². The van der Waals surface area contributed by atoms with Crippen LogP contribution in [-0.4, -0.2) is 73.1 Å². The van der Waals surface area contributed by atoms with E-state index in [1.165, 1.54) is 5.01 Å². The van der Waals surface area contributed by atoms with Crippen LogP contribution in [0.2, 0.25) is 0 Å². The molecule has 0 aromatic heterocycles. The summed E-state index contributed by atoms with van der Waals surface area (Å²) in [5.74, 6) is -0.921. The van der Waals surface area contributed by atoms with Crippen LogP contribution in [0.3, 0.4) is 0 Å². The number of nitrogens with one attached hydrogen (secondary N) is 2. The van der Waals surface area contributed by atoms with E-state index in [4.69, 9.17) is 4.74 Å². The van der Waals surface area contributed by atoms with Crippen LogP contribution in [0.4, 0.5) is 4.79 Å². The Morgan fingerprint density at radius 2 is 2.00 bits per heavy atom. The summed E-state index contributed by atoms with van der Waals surface area (Å²) >= 11 is 0. The average molecular weight is 405 g/mol. The molecule has 3 aliphatic heterocycles. The smallest absolute Gasteiger partial charge is 0.425 e. The van der Waals surface area contributed by atoms with Crippen LogP contribution in [0, 0.1) is 23.2 Å². The highest BCUT2D eigenvalue weighted by molar-refractivity contribution is 5.88. The summed E-state index contributed by atoms with van der Waals surface area (Å²) < 4.78 is 5.64. The first-order chi connectivity index (χ1) is 14.0. The van der Waals surface area contributed by atoms with Gasteiger partial charge in [0.1, 0.15) is 12.1 Å². The van der Waals surface area contributed by atoms with E-state index < -0.39 is 18.1 Å². The van der Waals surface area contributed by atoms with Crippen molar-refractivity contribution in [3.8, 4) is 6.07 Å². The largest absolute Gasteiger partial charge is 0.445 e. The molecule has 9 heteroatoms. The van der Waals surface area contributed by atoms with Gasteiger partial charge in [-0.25, -0.2) is 15.2 Å². The van der Waals surface area contributed by atoms with Gasteiger partial charge in [-0.1, -0.05) is 0 Å². The monoisotopic (exact) mass is 405 g/mol. The third kappa shape index (κ3) is 5.67. The molecule has 3 atom stereocenters. The lowest BCUT2D eigenvalue weighted by atomic mass is 9.88. The number of ketones is 1. The molecule has 160 valence electrons. The summed E-state index contributed by atoms with van der Waals surface area (Å²) in [5.41, 5.74) is 3.00. The number of hydrogen-bond acceptors (Lipinski definition) is 7. The maximum Gasteiger partial charge on any atom is 0.425 e. The fourth-order valence-electron chi connectivity index (χ4n) is 4.31. The van der Waals surface area contributed by atoms with Gasteiger partial charge in [-0.05, 0) is 45.6 Å². The zero-order valence-corrected chi connectivity index (χ0v) is 17.1. The molecule has 3 saturated heterocycles. The van der Waals surface area contributed by atoms with Gasteiger partial charge >= 0.3 is 6.09 Å². The van der Waals surface area contributed by atoms with Gasteiger partial charge < -0.3 is 15.0 Å². The minimum atomic E-state index is -0.629. The third-order valence-electron chi connectivity index (χ3n) is 6.11. The van der Waals surface area contributed by atoms with E-state index in [0.717, 1.165) is 32.4 Å². The second-order valence-electron chi connectivity index (χ2n) is 8.33. The number of hydrazine groups is 1. The predicted octanol–water partition coefficient (Wildman–Crippen LogP) is 0.811. The van der Waals surface area contributed by atoms with Crippen LogP contribution in [-0.2, 0) is 14.3 Å². The number of Topliss-reactive ketones (excluding diaryl/α,β-unsaturated/α-hetero) is 1. The highest BCUT2D eigenvalue weighted by atomic mass is 16.6. The Morgan fingerprint density at radius 3 is 2.66 bits per heavy atom. The maximum atomic E-state index is 12.9. The molecular formula is C20H31N5O4. The van der Waals surface area contributed by atoms with Crippen molar-refractivity contribution in [1.29, 1.82) is 5.26 Å². The third-order valence-corrected chi connectivity index (χ3v) is 6.11. The molecule has 3 aliphatic rings. The highest BCUT2D eigenvalue weighted by Gasteiger charge is 2.36. The second-order valence-corrected chi connectivity index (χ2v) is 8.33. The van der Waals surface area contributed by atoms with Crippen LogP contribution in [0.25, 0.3) is 0 Å². The molecule has 3 fully saturated rings. The highest BCUT2D eigenvalue weighted by Crippen LogP contribution is 2.24. The predicted molar refractivity (Wildman–Crippen MR) is 104 cm³/mol. The average Bonchev–Trinajstić information content (AvgIpc) is 3.13. The molecule has 3 heterocycles. The molecular weight excluding hydrogens is 374 g/mol. The molecule has 0 aromatic carbocycles. The topological polar surface area (TPSA) is 115 Å². The van der Waals surface area contributed by atoms with Gasteiger partial charge in [-0.3, -0.25) is 9.59 Å². The Balaban J connectivity index is 1.56. The van der Waals surface area contributed by atoms with E-state index in [0.29, 0.717) is 32.4 Å². The first kappa shape index (κ1) is 21.5. The Morgan fingerprint density at radius 1 is 1.24 bits per heavy atom. The summed E-state index contributed by atoms with van der Waals surface area (Å²) in [6, 6.07) is 1.54. The molecule has 0 aromatic rings. The number of nitrogens with zero attached hydrogens (tertiary/aromatic N) is 3. The summed E-state index contributed by atoms with van der Waals surface area (Å²) in [4.78, 5) is 39.6. The number of carbonyl (C=O) groups is 3. The van der Waals surface area contributed by atoms with E-state index in [-0.39, 0.29) is 30.1 Å². The lowest BCUT2D eigenvalue weighted by Crippen LogP contribution is -2.57. The molecule has 0 spiro atoms. The van der Waals surface area contributed by atoms with Crippen molar-refractivity contribution >= 4 is 17.8 Å². The number of hydrogen-bond donors (Lipinski definition) is 2. The standard InChI is InChI=1S/C20H31N5O4/c1-24-9-5-16(6-10-24)29-20(28)25-17(3-2-7-23-25)18(26)12-14(13-21)11-15-4-8-22-19(15)27/h14-17,23H,2-12H2,1H3,(H,22,27)/t14-,15+,17+/m1/s1. The Hall–Kier alpha value is -2.18. The van der Waals surface area contributed by atoms with E-state index in [1.807, 2.05) is 7.05 Å². The SMILES string of the molecule is CN1CCC(OC(=O)N2NCCC[C@H]2C(=O)C[C@H](C#N)C[C@@H]2CCNC2=O)CC1. The van der Waals surface area contributed by atoms with Gasteiger partial charge in [0.05, 0.1) is 12.0 Å². The van der Waals surface area contributed by atoms with Crippen molar-refractivity contribution in [2.24, 2.45) is 11.8 Å². The number of ether oxygens (including phenoxy) is 1. The van der Waals surface area contributed by atoms with E-state index in [1.54, 1.807) is 0 Å². The fraction of sp³-hybridized carbons (Fsp3) is 0.800. The zero-order chi connectivity index (χ0) is 20.8. The molecule has 2 amide bonds. The molecule has 2 N–H and O–H groups in total. The minimum absolute atomic E-state index is 0.0413. The van der Waals surface area contributed by atoms with E-state index >= 15 is 0 Å². The van der Waals surface area contributed by atoms with Crippen molar-refractivity contribution in [2.45, 2.75) is 57.1 Å². The van der Waals surface area contributed by atoms with Crippen LogP contribution < -0.4 is 10.7 Å². The van der Waals surface area contributed by atoms with Gasteiger partial charge in [0, 0.05) is 38.5 Å². The number of amides is 2. The Kier molecular flexibility index (Phi) is 7.45. The molecule has 9 nitrogen and oxygen atoms in total. The van der Waals surface area contributed by atoms with Crippen molar-refractivity contribution in [2.75, 3.05) is 33.2 Å². The normalized spacial score (nSPS) is 27.2. The second kappa shape index (κ2) is 10.0. The maximum absolute atomic E-state index is 12.9. The number of piperidine rings is 1.